The zero-order chi connectivity index (χ0) is 11.4. The molecule has 92 valence electrons. The van der Waals surface area contributed by atoms with E-state index in [4.69, 9.17) is 10.2 Å². The van der Waals surface area contributed by atoms with Gasteiger partial charge in [-0.3, -0.25) is 0 Å². The predicted octanol–water partition coefficient (Wildman–Crippen LogP) is 1.68. The highest BCUT2D eigenvalue weighted by Crippen LogP contribution is 2.06. The number of nitrogens with one attached hydrogen (secondary N) is 1. The molecule has 0 aromatic carbocycles. The standard InChI is InChI=1S/C12H27NO2/c1-2-3-4-5-6-7-8-9-13-10-12(15)11-14/h12-15H,2-11H2,1H3. The molecule has 0 amide bonds. The zero-order valence-electron chi connectivity index (χ0n) is 10.0. The van der Waals surface area contributed by atoms with Crippen molar-refractivity contribution in [1.29, 1.82) is 0 Å². The molecule has 0 aromatic rings. The Bertz CT molecular complexity index is 120. The molecule has 0 aliphatic carbocycles. The molecule has 0 spiro atoms. The third kappa shape index (κ3) is 11.8. The molecule has 0 saturated heterocycles. The van der Waals surface area contributed by atoms with Crippen LogP contribution < -0.4 is 5.32 Å². The molecule has 0 aliphatic heterocycles. The first-order valence-electron chi connectivity index (χ1n) is 6.31. The topological polar surface area (TPSA) is 52.5 Å². The Kier molecular flexibility index (Phi) is 11.9. The largest absolute Gasteiger partial charge is 0.394 e. The lowest BCUT2D eigenvalue weighted by molar-refractivity contribution is 0.0945. The molecule has 3 N–H and O–H groups in total. The van der Waals surface area contributed by atoms with Gasteiger partial charge in [-0.1, -0.05) is 45.4 Å². The van der Waals surface area contributed by atoms with Gasteiger partial charge in [0.15, 0.2) is 0 Å². The predicted molar refractivity (Wildman–Crippen MR) is 64.0 cm³/mol. The van der Waals surface area contributed by atoms with Crippen LogP contribution in [0, 0.1) is 0 Å². The first-order valence-corrected chi connectivity index (χ1v) is 6.31. The highest BCUT2D eigenvalue weighted by atomic mass is 16.3. The van der Waals surface area contributed by atoms with E-state index in [0.717, 1.165) is 6.54 Å². The van der Waals surface area contributed by atoms with Gasteiger partial charge in [0.25, 0.3) is 0 Å². The lowest BCUT2D eigenvalue weighted by atomic mass is 10.1. The molecule has 0 radical (unpaired) electrons. The molecule has 1 atom stereocenters. The summed E-state index contributed by atoms with van der Waals surface area (Å²) in [4.78, 5) is 0. The third-order valence-corrected chi connectivity index (χ3v) is 2.55. The van der Waals surface area contributed by atoms with E-state index in [1.54, 1.807) is 0 Å². The smallest absolute Gasteiger partial charge is 0.0894 e. The highest BCUT2D eigenvalue weighted by Gasteiger charge is 1.99. The molecule has 0 rings (SSSR count). The van der Waals surface area contributed by atoms with Crippen molar-refractivity contribution in [2.24, 2.45) is 0 Å². The van der Waals surface area contributed by atoms with E-state index in [1.165, 1.54) is 44.9 Å². The zero-order valence-corrected chi connectivity index (χ0v) is 10.0. The number of rotatable bonds is 11. The fourth-order valence-corrected chi connectivity index (χ4v) is 1.54. The molecule has 3 heteroatoms. The van der Waals surface area contributed by atoms with E-state index in [2.05, 4.69) is 12.2 Å². The van der Waals surface area contributed by atoms with E-state index in [0.29, 0.717) is 6.54 Å². The van der Waals surface area contributed by atoms with Crippen molar-refractivity contribution in [2.75, 3.05) is 19.7 Å². The van der Waals surface area contributed by atoms with Crippen LogP contribution in [-0.4, -0.2) is 36.0 Å². The van der Waals surface area contributed by atoms with Crippen molar-refractivity contribution >= 4 is 0 Å². The second kappa shape index (κ2) is 12.0. The highest BCUT2D eigenvalue weighted by molar-refractivity contribution is 4.57. The molecule has 15 heavy (non-hydrogen) atoms. The Labute approximate surface area is 93.9 Å². The SMILES string of the molecule is CCCCCCCCCNCC(O)CO. The van der Waals surface area contributed by atoms with Crippen LogP contribution in [0.25, 0.3) is 0 Å². The normalized spacial score (nSPS) is 13.0. The molecular weight excluding hydrogens is 190 g/mol. The molecule has 1 unspecified atom stereocenters. The minimum atomic E-state index is -0.602. The van der Waals surface area contributed by atoms with Crippen molar-refractivity contribution < 1.29 is 10.2 Å². The van der Waals surface area contributed by atoms with Crippen molar-refractivity contribution in [1.82, 2.24) is 5.32 Å². The van der Waals surface area contributed by atoms with E-state index < -0.39 is 6.10 Å². The summed E-state index contributed by atoms with van der Waals surface area (Å²) in [7, 11) is 0. The summed E-state index contributed by atoms with van der Waals surface area (Å²) in [6, 6.07) is 0. The third-order valence-electron chi connectivity index (χ3n) is 2.55. The van der Waals surface area contributed by atoms with Crippen LogP contribution in [-0.2, 0) is 0 Å². The number of aliphatic hydroxyl groups is 2. The van der Waals surface area contributed by atoms with Crippen LogP contribution in [0.1, 0.15) is 51.9 Å². The first-order chi connectivity index (χ1) is 7.31. The average molecular weight is 217 g/mol. The summed E-state index contributed by atoms with van der Waals surface area (Å²) in [6.07, 6.45) is 8.55. The van der Waals surface area contributed by atoms with Crippen molar-refractivity contribution in [3.63, 3.8) is 0 Å². The van der Waals surface area contributed by atoms with Gasteiger partial charge in [0.2, 0.25) is 0 Å². The van der Waals surface area contributed by atoms with Crippen molar-refractivity contribution in [3.8, 4) is 0 Å². The van der Waals surface area contributed by atoms with Gasteiger partial charge in [-0.05, 0) is 13.0 Å². The van der Waals surface area contributed by atoms with Gasteiger partial charge in [0, 0.05) is 6.54 Å². The van der Waals surface area contributed by atoms with Gasteiger partial charge in [-0.25, -0.2) is 0 Å². The molecule has 3 nitrogen and oxygen atoms in total. The summed E-state index contributed by atoms with van der Waals surface area (Å²) >= 11 is 0. The monoisotopic (exact) mass is 217 g/mol. The van der Waals surface area contributed by atoms with Crippen molar-refractivity contribution in [3.05, 3.63) is 0 Å². The molecule has 0 aromatic heterocycles. The molecule has 0 fully saturated rings. The molecule has 0 saturated carbocycles. The van der Waals surface area contributed by atoms with Gasteiger partial charge in [0.1, 0.15) is 0 Å². The Morgan fingerprint density at radius 3 is 2.20 bits per heavy atom. The van der Waals surface area contributed by atoms with Gasteiger partial charge in [-0.15, -0.1) is 0 Å². The number of hydrogen-bond acceptors (Lipinski definition) is 3. The fourth-order valence-electron chi connectivity index (χ4n) is 1.54. The maximum atomic E-state index is 9.05. The lowest BCUT2D eigenvalue weighted by Gasteiger charge is -2.08. The molecule has 0 aliphatic rings. The van der Waals surface area contributed by atoms with Gasteiger partial charge >= 0.3 is 0 Å². The fraction of sp³-hybridized carbons (Fsp3) is 1.00. The Morgan fingerprint density at radius 2 is 1.60 bits per heavy atom. The van der Waals surface area contributed by atoms with E-state index in [9.17, 15) is 0 Å². The van der Waals surface area contributed by atoms with Crippen LogP contribution in [0.2, 0.25) is 0 Å². The van der Waals surface area contributed by atoms with E-state index >= 15 is 0 Å². The summed E-state index contributed by atoms with van der Waals surface area (Å²) in [5.74, 6) is 0. The second-order valence-electron chi connectivity index (χ2n) is 4.16. The van der Waals surface area contributed by atoms with Crippen LogP contribution in [0.15, 0.2) is 0 Å². The molecule has 0 bridgehead atoms. The minimum Gasteiger partial charge on any atom is -0.394 e. The summed E-state index contributed by atoms with van der Waals surface area (Å²) in [6.45, 7) is 3.54. The van der Waals surface area contributed by atoms with Crippen LogP contribution >= 0.6 is 0 Å². The van der Waals surface area contributed by atoms with Crippen LogP contribution in [0.3, 0.4) is 0 Å². The minimum absolute atomic E-state index is 0.149. The Morgan fingerprint density at radius 1 is 1.00 bits per heavy atom. The lowest BCUT2D eigenvalue weighted by Crippen LogP contribution is -2.29. The van der Waals surface area contributed by atoms with Crippen molar-refractivity contribution in [2.45, 2.75) is 58.0 Å². The number of hydrogen-bond donors (Lipinski definition) is 3. The van der Waals surface area contributed by atoms with Crippen LogP contribution in [0.5, 0.6) is 0 Å². The first kappa shape index (κ1) is 14.9. The molecule has 0 heterocycles. The van der Waals surface area contributed by atoms with E-state index in [-0.39, 0.29) is 6.61 Å². The Hall–Kier alpha value is -0.120. The summed E-state index contributed by atoms with van der Waals surface area (Å²) in [5.41, 5.74) is 0. The summed E-state index contributed by atoms with van der Waals surface area (Å²) < 4.78 is 0. The quantitative estimate of drug-likeness (QED) is 0.462. The number of aliphatic hydroxyl groups excluding tert-OH is 2. The van der Waals surface area contributed by atoms with Gasteiger partial charge < -0.3 is 15.5 Å². The van der Waals surface area contributed by atoms with E-state index in [1.807, 2.05) is 0 Å². The number of unbranched alkanes of at least 4 members (excludes halogenated alkanes) is 6. The molecular formula is C12H27NO2. The Balaban J connectivity index is 2.92. The van der Waals surface area contributed by atoms with Gasteiger partial charge in [-0.2, -0.15) is 0 Å². The maximum Gasteiger partial charge on any atom is 0.0894 e. The second-order valence-corrected chi connectivity index (χ2v) is 4.16. The maximum absolute atomic E-state index is 9.05. The van der Waals surface area contributed by atoms with Gasteiger partial charge in [0.05, 0.1) is 12.7 Å². The summed E-state index contributed by atoms with van der Waals surface area (Å²) in [5, 5.41) is 20.7. The average Bonchev–Trinajstić information content (AvgIpc) is 2.26. The van der Waals surface area contributed by atoms with Crippen LogP contribution in [0.4, 0.5) is 0 Å².